The fraction of sp³-hybridized carbons (Fsp3) is 0.533. The molecule has 0 saturated heterocycles. The van der Waals surface area contributed by atoms with Gasteiger partial charge in [-0.05, 0) is 25.8 Å². The van der Waals surface area contributed by atoms with E-state index in [4.69, 9.17) is 9.47 Å². The molecule has 0 unspecified atom stereocenters. The van der Waals surface area contributed by atoms with Crippen LogP contribution in [0, 0.1) is 0 Å². The summed E-state index contributed by atoms with van der Waals surface area (Å²) in [4.78, 5) is 4.43. The van der Waals surface area contributed by atoms with Gasteiger partial charge in [-0.1, -0.05) is 0 Å². The third-order valence-electron chi connectivity index (χ3n) is 3.44. The summed E-state index contributed by atoms with van der Waals surface area (Å²) in [5.74, 6) is 1.62. The van der Waals surface area contributed by atoms with Crippen molar-refractivity contribution >= 4 is 5.96 Å². The van der Waals surface area contributed by atoms with Gasteiger partial charge in [0.1, 0.15) is 5.75 Å². The second-order valence-electron chi connectivity index (χ2n) is 5.31. The highest BCUT2D eigenvalue weighted by molar-refractivity contribution is 5.80. The highest BCUT2D eigenvalue weighted by Gasteiger charge is 2.23. The molecular formula is C15H19F2N3O3. The lowest BCUT2D eigenvalue weighted by atomic mass is 10.1. The molecule has 1 saturated carbocycles. The topological polar surface area (TPSA) is 64.1 Å². The summed E-state index contributed by atoms with van der Waals surface area (Å²) < 4.78 is 40.2. The first-order chi connectivity index (χ1) is 11.2. The van der Waals surface area contributed by atoms with Crippen LogP contribution >= 0.6 is 0 Å². The molecule has 0 spiro atoms. The molecular weight excluding hydrogens is 308 g/mol. The van der Waals surface area contributed by atoms with Gasteiger partial charge in [-0.2, -0.15) is 8.78 Å². The minimum Gasteiger partial charge on any atom is -0.454 e. The zero-order valence-electron chi connectivity index (χ0n) is 12.8. The Kier molecular flexibility index (Phi) is 4.68. The molecule has 2 aliphatic rings. The molecule has 23 heavy (non-hydrogen) atoms. The lowest BCUT2D eigenvalue weighted by molar-refractivity contribution is -0.0505. The van der Waals surface area contributed by atoms with Crippen molar-refractivity contribution in [3.05, 3.63) is 17.7 Å². The maximum atomic E-state index is 12.6. The first-order valence-corrected chi connectivity index (χ1v) is 7.58. The van der Waals surface area contributed by atoms with Crippen LogP contribution in [0.3, 0.4) is 0 Å². The molecule has 0 bridgehead atoms. The van der Waals surface area contributed by atoms with Gasteiger partial charge in [-0.15, -0.1) is 0 Å². The maximum Gasteiger partial charge on any atom is 0.387 e. The van der Waals surface area contributed by atoms with Crippen molar-refractivity contribution in [3.63, 3.8) is 0 Å². The van der Waals surface area contributed by atoms with E-state index in [0.717, 1.165) is 19.4 Å². The molecule has 1 aliphatic carbocycles. The summed E-state index contributed by atoms with van der Waals surface area (Å²) in [6.45, 7) is 0.0507. The molecule has 1 aromatic rings. The van der Waals surface area contributed by atoms with E-state index in [1.54, 1.807) is 6.07 Å². The minimum absolute atomic E-state index is 0.0512. The molecule has 0 aromatic heterocycles. The number of alkyl halides is 2. The average Bonchev–Trinajstić information content (AvgIpc) is 3.20. The van der Waals surface area contributed by atoms with Crippen LogP contribution in [-0.2, 0) is 6.54 Å². The Bertz CT molecular complexity index is 592. The van der Waals surface area contributed by atoms with Gasteiger partial charge in [0.25, 0.3) is 0 Å². The van der Waals surface area contributed by atoms with Crippen molar-refractivity contribution in [1.29, 1.82) is 0 Å². The number of hydrogen-bond acceptors (Lipinski definition) is 4. The number of aliphatic imine (C=N–C) groups is 1. The number of benzene rings is 1. The molecule has 3 rings (SSSR count). The molecule has 1 aliphatic heterocycles. The number of hydrogen-bond donors (Lipinski definition) is 2. The van der Waals surface area contributed by atoms with Gasteiger partial charge in [-0.3, -0.25) is 0 Å². The molecule has 0 amide bonds. The van der Waals surface area contributed by atoms with E-state index in [0.29, 0.717) is 29.1 Å². The SMILES string of the molecule is CCNC(=NCc1cc2c(cc1OC(F)F)OCO2)NC1CC1. The number of fused-ring (bicyclic) bond motifs is 1. The van der Waals surface area contributed by atoms with Crippen molar-refractivity contribution in [2.75, 3.05) is 13.3 Å². The van der Waals surface area contributed by atoms with Crippen LogP contribution in [0.4, 0.5) is 8.78 Å². The Balaban J connectivity index is 1.78. The van der Waals surface area contributed by atoms with Crippen LogP contribution in [-0.4, -0.2) is 32.0 Å². The lowest BCUT2D eigenvalue weighted by Gasteiger charge is -2.13. The highest BCUT2D eigenvalue weighted by Crippen LogP contribution is 2.39. The van der Waals surface area contributed by atoms with Crippen molar-refractivity contribution in [3.8, 4) is 17.2 Å². The third kappa shape index (κ3) is 4.14. The van der Waals surface area contributed by atoms with Crippen molar-refractivity contribution < 1.29 is 23.0 Å². The van der Waals surface area contributed by atoms with Crippen LogP contribution in [0.1, 0.15) is 25.3 Å². The first-order valence-electron chi connectivity index (χ1n) is 7.58. The number of nitrogens with one attached hydrogen (secondary N) is 2. The van der Waals surface area contributed by atoms with Crippen LogP contribution < -0.4 is 24.8 Å². The van der Waals surface area contributed by atoms with E-state index < -0.39 is 6.61 Å². The fourth-order valence-electron chi connectivity index (χ4n) is 2.20. The molecule has 1 aromatic carbocycles. The monoisotopic (exact) mass is 327 g/mol. The summed E-state index contributed by atoms with van der Waals surface area (Å²) in [7, 11) is 0. The largest absolute Gasteiger partial charge is 0.454 e. The van der Waals surface area contributed by atoms with Crippen molar-refractivity contribution in [2.24, 2.45) is 4.99 Å². The van der Waals surface area contributed by atoms with Gasteiger partial charge in [0.15, 0.2) is 17.5 Å². The molecule has 0 radical (unpaired) electrons. The van der Waals surface area contributed by atoms with Gasteiger partial charge < -0.3 is 24.8 Å². The first kappa shape index (κ1) is 15.6. The van der Waals surface area contributed by atoms with Gasteiger partial charge >= 0.3 is 6.61 Å². The van der Waals surface area contributed by atoms with Crippen molar-refractivity contribution in [1.82, 2.24) is 10.6 Å². The Hall–Kier alpha value is -2.25. The van der Waals surface area contributed by atoms with Crippen molar-refractivity contribution in [2.45, 2.75) is 39.0 Å². The van der Waals surface area contributed by atoms with Gasteiger partial charge in [-0.25, -0.2) is 4.99 Å². The lowest BCUT2D eigenvalue weighted by Crippen LogP contribution is -2.38. The number of guanidine groups is 1. The van der Waals surface area contributed by atoms with Crippen LogP contribution in [0.25, 0.3) is 0 Å². The summed E-state index contributed by atoms with van der Waals surface area (Å²) >= 11 is 0. The van der Waals surface area contributed by atoms with Gasteiger partial charge in [0, 0.05) is 24.2 Å². The third-order valence-corrected chi connectivity index (χ3v) is 3.44. The minimum atomic E-state index is -2.91. The second-order valence-corrected chi connectivity index (χ2v) is 5.31. The smallest absolute Gasteiger partial charge is 0.387 e. The van der Waals surface area contributed by atoms with Crippen LogP contribution in [0.2, 0.25) is 0 Å². The number of rotatable bonds is 6. The Morgan fingerprint density at radius 2 is 2.09 bits per heavy atom. The maximum absolute atomic E-state index is 12.6. The van der Waals surface area contributed by atoms with E-state index >= 15 is 0 Å². The predicted octanol–water partition coefficient (Wildman–Crippen LogP) is 2.23. The zero-order valence-corrected chi connectivity index (χ0v) is 12.8. The Labute approximate surface area is 132 Å². The fourth-order valence-corrected chi connectivity index (χ4v) is 2.20. The molecule has 8 heteroatoms. The van der Waals surface area contributed by atoms with E-state index in [9.17, 15) is 8.78 Å². The molecule has 1 heterocycles. The highest BCUT2D eigenvalue weighted by atomic mass is 19.3. The van der Waals surface area contributed by atoms with Crippen LogP contribution in [0.15, 0.2) is 17.1 Å². The molecule has 1 fully saturated rings. The Morgan fingerprint density at radius 1 is 1.35 bits per heavy atom. The number of halogens is 2. The number of ether oxygens (including phenoxy) is 3. The van der Waals surface area contributed by atoms with Gasteiger partial charge in [0.2, 0.25) is 6.79 Å². The summed E-state index contributed by atoms with van der Waals surface area (Å²) in [6, 6.07) is 3.49. The van der Waals surface area contributed by atoms with E-state index in [1.807, 2.05) is 6.92 Å². The predicted molar refractivity (Wildman–Crippen MR) is 80.2 cm³/mol. The number of nitrogens with zero attached hydrogens (tertiary/aromatic N) is 1. The van der Waals surface area contributed by atoms with Gasteiger partial charge in [0.05, 0.1) is 6.54 Å². The normalized spacial score (nSPS) is 16.6. The second kappa shape index (κ2) is 6.89. The summed E-state index contributed by atoms with van der Waals surface area (Å²) in [6.07, 6.45) is 2.24. The Morgan fingerprint density at radius 3 is 2.74 bits per heavy atom. The molecule has 2 N–H and O–H groups in total. The molecule has 0 atom stereocenters. The molecule has 6 nitrogen and oxygen atoms in total. The summed E-state index contributed by atoms with van der Waals surface area (Å²) in [5.41, 5.74) is 0.516. The zero-order chi connectivity index (χ0) is 16.2. The summed E-state index contributed by atoms with van der Waals surface area (Å²) in [5, 5.41) is 6.40. The van der Waals surface area contributed by atoms with E-state index in [2.05, 4.69) is 20.4 Å². The quantitative estimate of drug-likeness (QED) is 0.620. The standard InChI is InChI=1S/C15H19F2N3O3/c1-2-18-15(20-10-3-4-10)19-7-9-5-12-13(22-8-21-12)6-11(9)23-14(16)17/h5-6,10,14H,2-4,7-8H2,1H3,(H2,18,19,20). The van der Waals surface area contributed by atoms with E-state index in [1.165, 1.54) is 6.07 Å². The average molecular weight is 327 g/mol. The van der Waals surface area contributed by atoms with E-state index in [-0.39, 0.29) is 19.1 Å². The van der Waals surface area contributed by atoms with Crippen LogP contribution in [0.5, 0.6) is 17.2 Å². The molecule has 126 valence electrons.